The largest absolute Gasteiger partial charge is 0.323 e. The summed E-state index contributed by atoms with van der Waals surface area (Å²) in [6.07, 6.45) is 0.858. The third kappa shape index (κ3) is 2.54. The molecule has 0 bridgehead atoms. The standard InChI is InChI=1S/C15H16ClFN4O/c1-9-13(16)14(20(2)19-9)18-15(22)21-8-7-12(21)10-3-5-11(17)6-4-10/h3-6,12H,7-8H2,1-2H3,(H,18,22). The first kappa shape index (κ1) is 14.8. The summed E-state index contributed by atoms with van der Waals surface area (Å²) in [5, 5.41) is 7.40. The van der Waals surface area contributed by atoms with E-state index in [-0.39, 0.29) is 17.9 Å². The Morgan fingerprint density at radius 3 is 2.59 bits per heavy atom. The molecular formula is C15H16ClFN4O. The van der Waals surface area contributed by atoms with E-state index in [2.05, 4.69) is 10.4 Å². The Kier molecular flexibility index (Phi) is 3.78. The van der Waals surface area contributed by atoms with Gasteiger partial charge in [0.05, 0.1) is 11.7 Å². The number of hydrogen-bond donors (Lipinski definition) is 1. The molecule has 0 radical (unpaired) electrons. The van der Waals surface area contributed by atoms with Gasteiger partial charge in [-0.3, -0.25) is 10.00 Å². The summed E-state index contributed by atoms with van der Waals surface area (Å²) >= 11 is 6.14. The molecule has 1 saturated heterocycles. The fourth-order valence-corrected chi connectivity index (χ4v) is 2.81. The van der Waals surface area contributed by atoms with Crippen molar-refractivity contribution in [3.8, 4) is 0 Å². The van der Waals surface area contributed by atoms with Gasteiger partial charge in [0.1, 0.15) is 10.8 Å². The topological polar surface area (TPSA) is 50.2 Å². The average molecular weight is 323 g/mol. The van der Waals surface area contributed by atoms with Crippen molar-refractivity contribution in [3.63, 3.8) is 0 Å². The molecule has 1 N–H and O–H groups in total. The maximum atomic E-state index is 13.0. The third-order valence-corrected chi connectivity index (χ3v) is 4.36. The van der Waals surface area contributed by atoms with Crippen molar-refractivity contribution >= 4 is 23.4 Å². The summed E-state index contributed by atoms with van der Waals surface area (Å²) in [5.74, 6) is 0.199. The molecule has 2 aromatic rings. The lowest BCUT2D eigenvalue weighted by atomic mass is 9.95. The number of hydrogen-bond acceptors (Lipinski definition) is 2. The number of urea groups is 1. The molecule has 1 atom stereocenters. The Bertz CT molecular complexity index is 713. The zero-order valence-electron chi connectivity index (χ0n) is 12.3. The van der Waals surface area contributed by atoms with E-state index in [1.807, 2.05) is 0 Å². The number of anilines is 1. The molecule has 3 rings (SSSR count). The number of carbonyl (C=O) groups excluding carboxylic acids is 1. The lowest BCUT2D eigenvalue weighted by Crippen LogP contribution is -2.47. The van der Waals surface area contributed by atoms with E-state index in [1.54, 1.807) is 35.7 Å². The highest BCUT2D eigenvalue weighted by atomic mass is 35.5. The van der Waals surface area contributed by atoms with Crippen LogP contribution in [0.3, 0.4) is 0 Å². The average Bonchev–Trinajstić information content (AvgIpc) is 2.67. The summed E-state index contributed by atoms with van der Waals surface area (Å²) in [4.78, 5) is 14.1. The maximum absolute atomic E-state index is 13.0. The third-order valence-electron chi connectivity index (χ3n) is 3.91. The summed E-state index contributed by atoms with van der Waals surface area (Å²) in [7, 11) is 1.72. The van der Waals surface area contributed by atoms with E-state index >= 15 is 0 Å². The monoisotopic (exact) mass is 322 g/mol. The van der Waals surface area contributed by atoms with Crippen LogP contribution in [0.15, 0.2) is 24.3 Å². The summed E-state index contributed by atoms with van der Waals surface area (Å²) in [5.41, 5.74) is 1.59. The highest BCUT2D eigenvalue weighted by Crippen LogP contribution is 2.34. The molecule has 1 aromatic carbocycles. The van der Waals surface area contributed by atoms with Crippen LogP contribution in [-0.2, 0) is 7.05 Å². The van der Waals surface area contributed by atoms with E-state index in [4.69, 9.17) is 11.6 Å². The Morgan fingerprint density at radius 1 is 1.41 bits per heavy atom. The molecule has 1 aliphatic heterocycles. The number of carbonyl (C=O) groups is 1. The lowest BCUT2D eigenvalue weighted by Gasteiger charge is -2.41. The summed E-state index contributed by atoms with van der Waals surface area (Å²) in [6.45, 7) is 2.44. The first-order chi connectivity index (χ1) is 10.5. The van der Waals surface area contributed by atoms with Gasteiger partial charge in [0.25, 0.3) is 0 Å². The molecule has 0 spiro atoms. The molecule has 2 heterocycles. The van der Waals surface area contributed by atoms with E-state index < -0.39 is 0 Å². The number of likely N-dealkylation sites (tertiary alicyclic amines) is 1. The Balaban J connectivity index is 1.74. The fraction of sp³-hybridized carbons (Fsp3) is 0.333. The van der Waals surface area contributed by atoms with Crippen LogP contribution in [0, 0.1) is 12.7 Å². The van der Waals surface area contributed by atoms with Gasteiger partial charge in [-0.25, -0.2) is 9.18 Å². The van der Waals surface area contributed by atoms with Crippen LogP contribution in [0.25, 0.3) is 0 Å². The van der Waals surface area contributed by atoms with Gasteiger partial charge in [0.15, 0.2) is 5.82 Å². The minimum Gasteiger partial charge on any atom is -0.317 e. The molecule has 2 amide bonds. The van der Waals surface area contributed by atoms with Crippen molar-refractivity contribution in [1.29, 1.82) is 0 Å². The smallest absolute Gasteiger partial charge is 0.317 e. The van der Waals surface area contributed by atoms with Crippen molar-refractivity contribution in [3.05, 3.63) is 46.4 Å². The van der Waals surface area contributed by atoms with Gasteiger partial charge in [-0.05, 0) is 31.0 Å². The van der Waals surface area contributed by atoms with Crippen LogP contribution in [0.2, 0.25) is 5.02 Å². The zero-order chi connectivity index (χ0) is 15.9. The zero-order valence-corrected chi connectivity index (χ0v) is 13.1. The van der Waals surface area contributed by atoms with Gasteiger partial charge in [-0.2, -0.15) is 5.10 Å². The highest BCUT2D eigenvalue weighted by molar-refractivity contribution is 6.34. The maximum Gasteiger partial charge on any atom is 0.323 e. The second-order valence-electron chi connectivity index (χ2n) is 5.35. The second kappa shape index (κ2) is 5.61. The number of amides is 2. The molecule has 22 heavy (non-hydrogen) atoms. The highest BCUT2D eigenvalue weighted by Gasteiger charge is 2.34. The number of rotatable bonds is 2. The first-order valence-electron chi connectivity index (χ1n) is 6.99. The van der Waals surface area contributed by atoms with Crippen molar-refractivity contribution in [2.24, 2.45) is 7.05 Å². The Labute approximate surface area is 132 Å². The molecule has 5 nitrogen and oxygen atoms in total. The molecule has 1 aromatic heterocycles. The molecule has 1 aliphatic rings. The minimum atomic E-state index is -0.281. The van der Waals surface area contributed by atoms with Crippen LogP contribution in [0.4, 0.5) is 15.0 Å². The number of nitrogens with zero attached hydrogens (tertiary/aromatic N) is 3. The molecule has 0 saturated carbocycles. The summed E-state index contributed by atoms with van der Waals surface area (Å²) < 4.78 is 14.5. The van der Waals surface area contributed by atoms with Gasteiger partial charge in [0, 0.05) is 13.6 Å². The molecule has 0 aliphatic carbocycles. The predicted octanol–water partition coefficient (Wildman–Crippen LogP) is 3.50. The quantitative estimate of drug-likeness (QED) is 0.920. The first-order valence-corrected chi connectivity index (χ1v) is 7.37. The van der Waals surface area contributed by atoms with Gasteiger partial charge in [-0.1, -0.05) is 23.7 Å². The van der Waals surface area contributed by atoms with E-state index in [0.29, 0.717) is 23.1 Å². The van der Waals surface area contributed by atoms with Crippen LogP contribution >= 0.6 is 11.6 Å². The van der Waals surface area contributed by atoms with E-state index in [1.165, 1.54) is 12.1 Å². The van der Waals surface area contributed by atoms with Crippen LogP contribution in [0.1, 0.15) is 23.7 Å². The molecule has 1 unspecified atom stereocenters. The normalized spacial score (nSPS) is 17.3. The number of nitrogens with one attached hydrogen (secondary N) is 1. The lowest BCUT2D eigenvalue weighted by molar-refractivity contribution is 0.126. The number of aryl methyl sites for hydroxylation is 2. The summed E-state index contributed by atoms with van der Waals surface area (Å²) in [6, 6.07) is 5.97. The molecule has 1 fully saturated rings. The van der Waals surface area contributed by atoms with Crippen LogP contribution in [0.5, 0.6) is 0 Å². The predicted molar refractivity (Wildman–Crippen MR) is 82.4 cm³/mol. The van der Waals surface area contributed by atoms with E-state index in [0.717, 1.165) is 12.0 Å². The Hall–Kier alpha value is -2.08. The van der Waals surface area contributed by atoms with Gasteiger partial charge < -0.3 is 4.90 Å². The van der Waals surface area contributed by atoms with Crippen molar-refractivity contribution in [2.45, 2.75) is 19.4 Å². The van der Waals surface area contributed by atoms with Gasteiger partial charge >= 0.3 is 6.03 Å². The number of benzene rings is 1. The minimum absolute atomic E-state index is 0.0336. The SMILES string of the molecule is Cc1nn(C)c(NC(=O)N2CCC2c2ccc(F)cc2)c1Cl. The second-order valence-corrected chi connectivity index (χ2v) is 5.73. The molecule has 7 heteroatoms. The van der Waals surface area contributed by atoms with Gasteiger partial charge in [0.2, 0.25) is 0 Å². The number of aromatic nitrogens is 2. The van der Waals surface area contributed by atoms with Crippen LogP contribution < -0.4 is 5.32 Å². The van der Waals surface area contributed by atoms with Crippen molar-refractivity contribution in [2.75, 3.05) is 11.9 Å². The fourth-order valence-electron chi connectivity index (χ4n) is 2.60. The van der Waals surface area contributed by atoms with Gasteiger partial charge in [-0.15, -0.1) is 0 Å². The van der Waals surface area contributed by atoms with Crippen LogP contribution in [-0.4, -0.2) is 27.3 Å². The van der Waals surface area contributed by atoms with Crippen molar-refractivity contribution < 1.29 is 9.18 Å². The molecule has 116 valence electrons. The Morgan fingerprint density at radius 2 is 2.09 bits per heavy atom. The number of halogens is 2. The molecular weight excluding hydrogens is 307 g/mol. The van der Waals surface area contributed by atoms with Crippen molar-refractivity contribution in [1.82, 2.24) is 14.7 Å². The van der Waals surface area contributed by atoms with E-state index in [9.17, 15) is 9.18 Å².